The van der Waals surface area contributed by atoms with Gasteiger partial charge in [0.05, 0.1) is 21.8 Å². The third-order valence-electron chi connectivity index (χ3n) is 6.49. The number of alkyl halides is 3. The van der Waals surface area contributed by atoms with E-state index in [1.807, 2.05) is 13.8 Å². The molecule has 0 atom stereocenters. The molecule has 1 aliphatic heterocycles. The summed E-state index contributed by atoms with van der Waals surface area (Å²) in [6, 6.07) is 11.6. The number of rotatable bonds is 11. The maximum atomic E-state index is 13.0. The minimum Gasteiger partial charge on any atom is -0.478 e. The molecule has 3 N–H and O–H groups in total. The van der Waals surface area contributed by atoms with E-state index < -0.39 is 28.1 Å². The van der Waals surface area contributed by atoms with Gasteiger partial charge < -0.3 is 24.7 Å². The SMILES string of the molecule is CCOCCCN(C)C1CCN(c2ccc(C(=O)O)cc2NS(=O)(=O)c2ccc(C)cc2)CC1.O=C(O)C(F)(F)F. The van der Waals surface area contributed by atoms with Gasteiger partial charge in [-0.1, -0.05) is 17.7 Å². The molecule has 0 aliphatic carbocycles. The second-order valence-corrected chi connectivity index (χ2v) is 11.2. The molecule has 41 heavy (non-hydrogen) atoms. The lowest BCUT2D eigenvalue weighted by Crippen LogP contribution is -2.44. The van der Waals surface area contributed by atoms with Gasteiger partial charge in [0.1, 0.15) is 0 Å². The standard InChI is InChI=1S/C25H35N3O5S.C2HF3O2/c1-4-33-17-5-14-27(3)21-12-15-28(16-13-21)24-11-8-20(25(29)30)18-23(24)26-34(31,32)22-9-6-19(2)7-10-22;3-2(4,5)1(6)7/h6-11,18,21,26H,4-5,12-17H2,1-3H3,(H,29,30);(H,6,7). The summed E-state index contributed by atoms with van der Waals surface area (Å²) in [6.45, 7) is 7.87. The van der Waals surface area contributed by atoms with Crippen molar-refractivity contribution in [3.63, 3.8) is 0 Å². The van der Waals surface area contributed by atoms with E-state index in [1.165, 1.54) is 12.1 Å². The molecule has 0 spiro atoms. The molecular weight excluding hydrogens is 567 g/mol. The minimum atomic E-state index is -5.08. The van der Waals surface area contributed by atoms with Gasteiger partial charge in [-0.3, -0.25) is 4.72 Å². The molecular formula is C27H36F3N3O7S. The number of carboxylic acid groups (broad SMARTS) is 2. The maximum absolute atomic E-state index is 13.0. The molecule has 10 nitrogen and oxygen atoms in total. The van der Waals surface area contributed by atoms with Gasteiger partial charge in [-0.2, -0.15) is 13.2 Å². The third-order valence-corrected chi connectivity index (χ3v) is 7.88. The molecule has 2 aromatic rings. The molecule has 1 fully saturated rings. The molecule has 0 unspecified atom stereocenters. The summed E-state index contributed by atoms with van der Waals surface area (Å²) in [5.74, 6) is -3.86. The van der Waals surface area contributed by atoms with Crippen LogP contribution in [0.25, 0.3) is 0 Å². The number of sulfonamides is 1. The fourth-order valence-electron chi connectivity index (χ4n) is 4.24. The van der Waals surface area contributed by atoms with E-state index >= 15 is 0 Å². The number of hydrogen-bond acceptors (Lipinski definition) is 7. The molecule has 1 aliphatic rings. The average molecular weight is 604 g/mol. The van der Waals surface area contributed by atoms with E-state index in [9.17, 15) is 31.5 Å². The van der Waals surface area contributed by atoms with Crippen molar-refractivity contribution in [3.8, 4) is 0 Å². The molecule has 0 radical (unpaired) electrons. The highest BCUT2D eigenvalue weighted by atomic mass is 32.2. The van der Waals surface area contributed by atoms with Gasteiger partial charge in [0, 0.05) is 38.9 Å². The number of halogens is 3. The first-order valence-electron chi connectivity index (χ1n) is 13.0. The minimum absolute atomic E-state index is 0.0364. The van der Waals surface area contributed by atoms with Gasteiger partial charge in [-0.25, -0.2) is 18.0 Å². The van der Waals surface area contributed by atoms with Crippen molar-refractivity contribution < 1.29 is 46.1 Å². The first kappa shape index (κ1) is 33.8. The van der Waals surface area contributed by atoms with Crippen molar-refractivity contribution in [2.45, 2.75) is 50.2 Å². The van der Waals surface area contributed by atoms with Gasteiger partial charge in [-0.05, 0) is 70.5 Å². The van der Waals surface area contributed by atoms with Gasteiger partial charge in [0.25, 0.3) is 10.0 Å². The van der Waals surface area contributed by atoms with Crippen molar-refractivity contribution in [3.05, 3.63) is 53.6 Å². The number of nitrogens with zero attached hydrogens (tertiary/aromatic N) is 2. The number of piperidine rings is 1. The Hall–Kier alpha value is -3.36. The van der Waals surface area contributed by atoms with Crippen molar-refractivity contribution in [1.82, 2.24) is 4.90 Å². The predicted octanol–water partition coefficient (Wildman–Crippen LogP) is 4.45. The monoisotopic (exact) mass is 603 g/mol. The molecule has 0 aromatic heterocycles. The number of hydrogen-bond donors (Lipinski definition) is 3. The number of aromatic carboxylic acids is 1. The number of ether oxygens (including phenoxy) is 1. The fourth-order valence-corrected chi connectivity index (χ4v) is 5.30. The van der Waals surface area contributed by atoms with E-state index in [-0.39, 0.29) is 16.1 Å². The number of nitrogens with one attached hydrogen (secondary N) is 1. The molecule has 1 heterocycles. The van der Waals surface area contributed by atoms with Crippen molar-refractivity contribution in [2.24, 2.45) is 0 Å². The molecule has 3 rings (SSSR count). The van der Waals surface area contributed by atoms with Crippen LogP contribution in [0, 0.1) is 6.92 Å². The van der Waals surface area contributed by atoms with Crippen molar-refractivity contribution in [1.29, 1.82) is 0 Å². The third kappa shape index (κ3) is 10.5. The fraction of sp³-hybridized carbons (Fsp3) is 0.481. The smallest absolute Gasteiger partial charge is 0.478 e. The molecule has 1 saturated heterocycles. The maximum Gasteiger partial charge on any atom is 0.490 e. The highest BCUT2D eigenvalue weighted by Gasteiger charge is 2.38. The Labute approximate surface area is 237 Å². The van der Waals surface area contributed by atoms with Gasteiger partial charge in [-0.15, -0.1) is 0 Å². The van der Waals surface area contributed by atoms with Crippen LogP contribution in [0.4, 0.5) is 24.5 Å². The zero-order valence-electron chi connectivity index (χ0n) is 23.1. The van der Waals surface area contributed by atoms with Crippen LogP contribution in [0.5, 0.6) is 0 Å². The molecule has 0 amide bonds. The number of aliphatic carboxylic acids is 1. The van der Waals surface area contributed by atoms with Gasteiger partial charge >= 0.3 is 18.1 Å². The lowest BCUT2D eigenvalue weighted by molar-refractivity contribution is -0.192. The topological polar surface area (TPSA) is 136 Å². The van der Waals surface area contributed by atoms with E-state index in [4.69, 9.17) is 14.6 Å². The first-order chi connectivity index (χ1) is 19.2. The van der Waals surface area contributed by atoms with E-state index in [1.54, 1.807) is 30.3 Å². The number of aryl methyl sites for hydroxylation is 1. The van der Waals surface area contributed by atoms with E-state index in [2.05, 4.69) is 21.6 Å². The Morgan fingerprint density at radius 3 is 2.20 bits per heavy atom. The van der Waals surface area contributed by atoms with Gasteiger partial charge in [0.2, 0.25) is 0 Å². The normalized spacial score (nSPS) is 14.4. The Balaban J connectivity index is 0.000000745. The van der Waals surface area contributed by atoms with Crippen molar-refractivity contribution >= 4 is 33.3 Å². The largest absolute Gasteiger partial charge is 0.490 e. The van der Waals surface area contributed by atoms with Gasteiger partial charge in [0.15, 0.2) is 0 Å². The second-order valence-electron chi connectivity index (χ2n) is 9.51. The predicted molar refractivity (Wildman–Crippen MR) is 148 cm³/mol. The Bertz CT molecular complexity index is 1260. The number of carboxylic acids is 2. The molecule has 0 saturated carbocycles. The lowest BCUT2D eigenvalue weighted by atomic mass is 10.0. The van der Waals surface area contributed by atoms with Crippen LogP contribution in [0.1, 0.15) is 42.1 Å². The van der Waals surface area contributed by atoms with Crippen LogP contribution in [-0.2, 0) is 19.6 Å². The first-order valence-corrected chi connectivity index (χ1v) is 14.4. The van der Waals surface area contributed by atoms with E-state index in [0.29, 0.717) is 11.7 Å². The summed E-state index contributed by atoms with van der Waals surface area (Å²) in [5, 5.41) is 16.6. The molecule has 2 aromatic carbocycles. The van der Waals surface area contributed by atoms with Crippen LogP contribution in [0.15, 0.2) is 47.4 Å². The zero-order chi connectivity index (χ0) is 30.8. The summed E-state index contributed by atoms with van der Waals surface area (Å²) in [6.07, 6.45) is -2.21. The summed E-state index contributed by atoms with van der Waals surface area (Å²) < 4.78 is 65.8. The Kier molecular flexibility index (Phi) is 12.4. The zero-order valence-corrected chi connectivity index (χ0v) is 24.0. The van der Waals surface area contributed by atoms with Crippen LogP contribution in [0.3, 0.4) is 0 Å². The Morgan fingerprint density at radius 1 is 1.10 bits per heavy atom. The van der Waals surface area contributed by atoms with Crippen LogP contribution >= 0.6 is 0 Å². The lowest BCUT2D eigenvalue weighted by Gasteiger charge is -2.38. The summed E-state index contributed by atoms with van der Waals surface area (Å²) in [5.41, 5.74) is 1.97. The number of benzene rings is 2. The highest BCUT2D eigenvalue weighted by molar-refractivity contribution is 7.92. The number of anilines is 2. The second kappa shape index (κ2) is 15.0. The average Bonchev–Trinajstić information content (AvgIpc) is 2.91. The van der Waals surface area contributed by atoms with Crippen molar-refractivity contribution in [2.75, 3.05) is 49.5 Å². The van der Waals surface area contributed by atoms with Crippen LogP contribution < -0.4 is 9.62 Å². The molecule has 14 heteroatoms. The molecule has 0 bridgehead atoms. The molecule has 228 valence electrons. The Morgan fingerprint density at radius 2 is 1.68 bits per heavy atom. The van der Waals surface area contributed by atoms with Crippen LogP contribution in [-0.4, -0.2) is 87.6 Å². The summed E-state index contributed by atoms with van der Waals surface area (Å²) in [4.78, 5) is 25.1. The highest BCUT2D eigenvalue weighted by Crippen LogP contribution is 2.32. The summed E-state index contributed by atoms with van der Waals surface area (Å²) in [7, 11) is -1.73. The van der Waals surface area contributed by atoms with Crippen LogP contribution in [0.2, 0.25) is 0 Å². The number of carbonyl (C=O) groups is 2. The quantitative estimate of drug-likeness (QED) is 0.318. The summed E-state index contributed by atoms with van der Waals surface area (Å²) >= 11 is 0. The van der Waals surface area contributed by atoms with E-state index in [0.717, 1.165) is 57.7 Å².